The van der Waals surface area contributed by atoms with Crippen LogP contribution in [0.3, 0.4) is 0 Å². The Morgan fingerprint density at radius 1 is 0.976 bits per heavy atom. The molecule has 1 fully saturated rings. The summed E-state index contributed by atoms with van der Waals surface area (Å²) in [5, 5.41) is 8.65. The molecular formula is C30H45N5O6. The lowest BCUT2D eigenvalue weighted by molar-refractivity contribution is -0.137. The number of benzene rings is 1. The Balaban J connectivity index is 1.94. The molecule has 3 rings (SSSR count). The number of nitrogens with one attached hydrogen (secondary N) is 3. The summed E-state index contributed by atoms with van der Waals surface area (Å²) in [5.41, 5.74) is 0.230. The predicted octanol–water partition coefficient (Wildman–Crippen LogP) is 1.71. The van der Waals surface area contributed by atoms with Crippen LogP contribution in [0.25, 0.3) is 0 Å². The van der Waals surface area contributed by atoms with Crippen molar-refractivity contribution < 1.29 is 28.7 Å². The van der Waals surface area contributed by atoms with Gasteiger partial charge in [-0.25, -0.2) is 0 Å². The summed E-state index contributed by atoms with van der Waals surface area (Å²) in [6.07, 6.45) is 1.55. The van der Waals surface area contributed by atoms with E-state index in [-0.39, 0.29) is 48.3 Å². The van der Waals surface area contributed by atoms with Crippen LogP contribution in [0.2, 0.25) is 0 Å². The van der Waals surface area contributed by atoms with Crippen LogP contribution in [0.5, 0.6) is 5.75 Å². The zero-order valence-corrected chi connectivity index (χ0v) is 24.9. The van der Waals surface area contributed by atoms with Crippen LogP contribution in [0.1, 0.15) is 70.7 Å². The van der Waals surface area contributed by atoms with Crippen molar-refractivity contribution in [2.75, 3.05) is 32.8 Å². The second-order valence-corrected chi connectivity index (χ2v) is 11.5. The summed E-state index contributed by atoms with van der Waals surface area (Å²) in [4.78, 5) is 69.2. The quantitative estimate of drug-likeness (QED) is 0.492. The van der Waals surface area contributed by atoms with Gasteiger partial charge in [0.15, 0.2) is 0 Å². The summed E-state index contributed by atoms with van der Waals surface area (Å²) >= 11 is 0. The SMILES string of the molecule is CC[C@H](C)[C@@H]1NC(=O)C[C@@H](C(=O)N2CCCN(C(C)=O)CC2)NC(=O)c2ccccc2OC[C@@H](CC(C)C)NC1=O. The molecule has 0 radical (unpaired) electrons. The van der Waals surface area contributed by atoms with E-state index in [9.17, 15) is 24.0 Å². The fourth-order valence-electron chi connectivity index (χ4n) is 5.23. The zero-order valence-electron chi connectivity index (χ0n) is 24.9. The average molecular weight is 572 g/mol. The first-order valence-corrected chi connectivity index (χ1v) is 14.7. The number of nitrogens with zero attached hydrogens (tertiary/aromatic N) is 2. The maximum atomic E-state index is 13.7. The third-order valence-electron chi connectivity index (χ3n) is 7.73. The molecule has 4 atom stereocenters. The topological polar surface area (TPSA) is 137 Å². The molecule has 2 aliphatic rings. The van der Waals surface area contributed by atoms with Gasteiger partial charge in [0.05, 0.1) is 18.0 Å². The zero-order chi connectivity index (χ0) is 30.1. The monoisotopic (exact) mass is 571 g/mol. The van der Waals surface area contributed by atoms with Crippen LogP contribution >= 0.6 is 0 Å². The highest BCUT2D eigenvalue weighted by molar-refractivity contribution is 6.01. The number of carbonyl (C=O) groups excluding carboxylic acids is 5. The normalized spacial score (nSPS) is 23.7. The highest BCUT2D eigenvalue weighted by Gasteiger charge is 2.34. The standard InChI is InChI=1S/C30H45N5O6/c1-6-20(4)27-29(39)31-22(16-19(2)3)18-41-25-11-8-7-10-23(25)28(38)32-24(17-26(37)33-27)30(40)35-13-9-12-34(14-15-35)21(5)36/h7-8,10-11,19-20,22,24,27H,6,9,12-18H2,1-5H3,(H,31,39)(H,32,38)(H,33,37)/t20-,22+,24-,27-/m0/s1. The van der Waals surface area contributed by atoms with Crippen LogP contribution < -0.4 is 20.7 Å². The lowest BCUT2D eigenvalue weighted by Gasteiger charge is -2.30. The van der Waals surface area contributed by atoms with Gasteiger partial charge in [-0.3, -0.25) is 24.0 Å². The van der Waals surface area contributed by atoms with Gasteiger partial charge >= 0.3 is 0 Å². The molecule has 1 saturated heterocycles. The Bertz CT molecular complexity index is 1110. The molecule has 3 N–H and O–H groups in total. The Kier molecular flexibility index (Phi) is 11.5. The first-order chi connectivity index (χ1) is 19.5. The van der Waals surface area contributed by atoms with Gasteiger partial charge in [-0.15, -0.1) is 0 Å². The van der Waals surface area contributed by atoms with Crippen molar-refractivity contribution in [1.82, 2.24) is 25.8 Å². The van der Waals surface area contributed by atoms with Crippen molar-refractivity contribution in [3.05, 3.63) is 29.8 Å². The maximum Gasteiger partial charge on any atom is 0.255 e. The number of rotatable bonds is 5. The molecule has 1 aromatic carbocycles. The molecule has 41 heavy (non-hydrogen) atoms. The molecule has 5 amide bonds. The number of carbonyl (C=O) groups is 5. The minimum Gasteiger partial charge on any atom is -0.491 e. The van der Waals surface area contributed by atoms with Gasteiger partial charge in [-0.2, -0.15) is 0 Å². The van der Waals surface area contributed by atoms with Gasteiger partial charge in [0.1, 0.15) is 24.4 Å². The van der Waals surface area contributed by atoms with Gasteiger partial charge in [0.25, 0.3) is 5.91 Å². The van der Waals surface area contributed by atoms with E-state index in [4.69, 9.17) is 4.74 Å². The molecule has 0 spiro atoms. The molecular weight excluding hydrogens is 526 g/mol. The van der Waals surface area contributed by atoms with E-state index in [1.165, 1.54) is 6.92 Å². The number of ether oxygens (including phenoxy) is 1. The van der Waals surface area contributed by atoms with Crippen molar-refractivity contribution in [3.8, 4) is 5.75 Å². The number of amides is 5. The molecule has 11 nitrogen and oxygen atoms in total. The molecule has 0 aromatic heterocycles. The molecule has 0 aliphatic carbocycles. The molecule has 226 valence electrons. The van der Waals surface area contributed by atoms with E-state index in [1.54, 1.807) is 34.1 Å². The van der Waals surface area contributed by atoms with E-state index < -0.39 is 29.8 Å². The lowest BCUT2D eigenvalue weighted by Crippen LogP contribution is -2.56. The predicted molar refractivity (Wildman–Crippen MR) is 154 cm³/mol. The van der Waals surface area contributed by atoms with E-state index in [0.717, 1.165) is 0 Å². The second-order valence-electron chi connectivity index (χ2n) is 11.5. The van der Waals surface area contributed by atoms with E-state index in [1.807, 2.05) is 27.7 Å². The molecule has 0 unspecified atom stereocenters. The summed E-state index contributed by atoms with van der Waals surface area (Å²) < 4.78 is 6.07. The lowest BCUT2D eigenvalue weighted by atomic mass is 9.96. The fourth-order valence-corrected chi connectivity index (χ4v) is 5.23. The number of hydrogen-bond donors (Lipinski definition) is 3. The van der Waals surface area contributed by atoms with Gasteiger partial charge < -0.3 is 30.5 Å². The Labute approximate surface area is 242 Å². The van der Waals surface area contributed by atoms with Crippen molar-refractivity contribution in [2.24, 2.45) is 11.8 Å². The first-order valence-electron chi connectivity index (χ1n) is 14.7. The van der Waals surface area contributed by atoms with E-state index in [2.05, 4.69) is 16.0 Å². The van der Waals surface area contributed by atoms with E-state index in [0.29, 0.717) is 51.2 Å². The first kappa shape index (κ1) is 31.9. The van der Waals surface area contributed by atoms with Crippen LogP contribution in [-0.4, -0.2) is 90.2 Å². The fraction of sp³-hybridized carbons (Fsp3) is 0.633. The Hall–Kier alpha value is -3.63. The third kappa shape index (κ3) is 8.93. The molecule has 11 heteroatoms. The summed E-state index contributed by atoms with van der Waals surface area (Å²) in [6, 6.07) is 4.40. The molecule has 2 aliphatic heterocycles. The summed E-state index contributed by atoms with van der Waals surface area (Å²) in [7, 11) is 0. The minimum atomic E-state index is -1.17. The van der Waals surface area contributed by atoms with Gasteiger partial charge in [-0.05, 0) is 36.8 Å². The van der Waals surface area contributed by atoms with Gasteiger partial charge in [0.2, 0.25) is 23.6 Å². The molecule has 2 heterocycles. The van der Waals surface area contributed by atoms with E-state index >= 15 is 0 Å². The highest BCUT2D eigenvalue weighted by Crippen LogP contribution is 2.21. The Morgan fingerprint density at radius 2 is 1.66 bits per heavy atom. The van der Waals surface area contributed by atoms with Crippen molar-refractivity contribution in [2.45, 2.75) is 78.4 Å². The summed E-state index contributed by atoms with van der Waals surface area (Å²) in [6.45, 7) is 11.2. The van der Waals surface area contributed by atoms with Crippen molar-refractivity contribution in [3.63, 3.8) is 0 Å². The number of fused-ring (bicyclic) bond motifs is 1. The largest absolute Gasteiger partial charge is 0.491 e. The second kappa shape index (κ2) is 14.8. The smallest absolute Gasteiger partial charge is 0.255 e. The maximum absolute atomic E-state index is 13.7. The summed E-state index contributed by atoms with van der Waals surface area (Å²) in [5.74, 6) is -1.40. The van der Waals surface area contributed by atoms with Crippen LogP contribution in [0.4, 0.5) is 0 Å². The third-order valence-corrected chi connectivity index (χ3v) is 7.73. The molecule has 0 bridgehead atoms. The van der Waals surface area contributed by atoms with Crippen molar-refractivity contribution in [1.29, 1.82) is 0 Å². The van der Waals surface area contributed by atoms with Gasteiger partial charge in [-0.1, -0.05) is 46.2 Å². The van der Waals surface area contributed by atoms with Crippen LogP contribution in [-0.2, 0) is 19.2 Å². The minimum absolute atomic E-state index is 0.0634. The Morgan fingerprint density at radius 3 is 2.34 bits per heavy atom. The van der Waals surface area contributed by atoms with Crippen LogP contribution in [0.15, 0.2) is 24.3 Å². The molecule has 0 saturated carbocycles. The van der Waals surface area contributed by atoms with Crippen LogP contribution in [0, 0.1) is 11.8 Å². The number of hydrogen-bond acceptors (Lipinski definition) is 6. The average Bonchev–Trinajstić information content (AvgIpc) is 3.19. The van der Waals surface area contributed by atoms with Gasteiger partial charge in [0, 0.05) is 33.1 Å². The number of para-hydroxylation sites is 1. The highest BCUT2D eigenvalue weighted by atomic mass is 16.5. The van der Waals surface area contributed by atoms with Crippen molar-refractivity contribution >= 4 is 29.5 Å². The molecule has 1 aromatic rings.